The monoisotopic (exact) mass is 224 g/mol. The maximum Gasteiger partial charge on any atom is 0.131 e. The minimum atomic E-state index is -0.705. The van der Waals surface area contributed by atoms with E-state index in [0.717, 1.165) is 18.2 Å². The third-order valence-electron chi connectivity index (χ3n) is 2.44. The molecular weight excluding hydrogens is 204 g/mol. The highest BCUT2D eigenvalue weighted by molar-refractivity contribution is 5.46. The van der Waals surface area contributed by atoms with Crippen LogP contribution in [0.15, 0.2) is 12.4 Å². The second-order valence-corrected chi connectivity index (χ2v) is 4.02. The van der Waals surface area contributed by atoms with E-state index in [-0.39, 0.29) is 0 Å². The molecule has 0 aliphatic rings. The number of aromatic nitrogens is 2. The summed E-state index contributed by atoms with van der Waals surface area (Å²) in [6.45, 7) is 7.06. The van der Waals surface area contributed by atoms with E-state index < -0.39 is 5.60 Å². The molecule has 0 saturated heterocycles. The first-order chi connectivity index (χ1) is 7.57. The molecule has 5 heteroatoms. The molecule has 5 nitrogen and oxygen atoms in total. The molecule has 0 bridgehead atoms. The van der Waals surface area contributed by atoms with Crippen molar-refractivity contribution >= 4 is 11.6 Å². The predicted molar refractivity (Wildman–Crippen MR) is 65.6 cm³/mol. The third-order valence-corrected chi connectivity index (χ3v) is 2.44. The van der Waals surface area contributed by atoms with Crippen molar-refractivity contribution in [3.63, 3.8) is 0 Å². The minimum absolute atomic E-state index is 0.478. The molecule has 0 aromatic carbocycles. The summed E-state index contributed by atoms with van der Waals surface area (Å²) in [6.07, 6.45) is 2.20. The lowest BCUT2D eigenvalue weighted by molar-refractivity contribution is 0.0696. The molecule has 16 heavy (non-hydrogen) atoms. The highest BCUT2D eigenvalue weighted by atomic mass is 16.3. The van der Waals surface area contributed by atoms with Gasteiger partial charge in [0, 0.05) is 19.2 Å². The van der Waals surface area contributed by atoms with Gasteiger partial charge in [0.15, 0.2) is 0 Å². The smallest absolute Gasteiger partial charge is 0.131 e. The average molecular weight is 224 g/mol. The van der Waals surface area contributed by atoms with Crippen LogP contribution in [0.25, 0.3) is 0 Å². The largest absolute Gasteiger partial charge is 0.388 e. The van der Waals surface area contributed by atoms with E-state index in [0.29, 0.717) is 13.0 Å². The molecule has 90 valence electrons. The van der Waals surface area contributed by atoms with Crippen molar-refractivity contribution in [2.45, 2.75) is 32.8 Å². The second kappa shape index (κ2) is 5.65. The van der Waals surface area contributed by atoms with Gasteiger partial charge in [0.25, 0.3) is 0 Å². The summed E-state index contributed by atoms with van der Waals surface area (Å²) in [6, 6.07) is 1.83. The molecule has 0 amide bonds. The van der Waals surface area contributed by atoms with E-state index in [4.69, 9.17) is 0 Å². The van der Waals surface area contributed by atoms with Crippen LogP contribution in [0.2, 0.25) is 0 Å². The van der Waals surface area contributed by atoms with E-state index in [1.807, 2.05) is 19.9 Å². The Balaban J connectivity index is 2.57. The van der Waals surface area contributed by atoms with Crippen molar-refractivity contribution in [1.29, 1.82) is 0 Å². The van der Waals surface area contributed by atoms with Gasteiger partial charge in [-0.3, -0.25) is 0 Å². The minimum Gasteiger partial charge on any atom is -0.388 e. The molecule has 3 N–H and O–H groups in total. The van der Waals surface area contributed by atoms with Crippen LogP contribution in [0.3, 0.4) is 0 Å². The first kappa shape index (κ1) is 12.7. The number of anilines is 2. The fourth-order valence-electron chi connectivity index (χ4n) is 1.14. The maximum atomic E-state index is 9.84. The van der Waals surface area contributed by atoms with Gasteiger partial charge in [0.2, 0.25) is 0 Å². The SMILES string of the molecule is CCNc1cc(NCC(C)(O)CC)ncn1. The number of nitrogens with zero attached hydrogens (tertiary/aromatic N) is 2. The van der Waals surface area contributed by atoms with Crippen LogP contribution < -0.4 is 10.6 Å². The first-order valence-corrected chi connectivity index (χ1v) is 5.59. The molecule has 0 spiro atoms. The van der Waals surface area contributed by atoms with Crippen molar-refractivity contribution < 1.29 is 5.11 Å². The van der Waals surface area contributed by atoms with E-state index in [1.165, 1.54) is 6.33 Å². The summed E-state index contributed by atoms with van der Waals surface area (Å²) in [5.41, 5.74) is -0.705. The van der Waals surface area contributed by atoms with Crippen LogP contribution in [0.1, 0.15) is 27.2 Å². The van der Waals surface area contributed by atoms with Gasteiger partial charge in [-0.15, -0.1) is 0 Å². The topological polar surface area (TPSA) is 70.1 Å². The van der Waals surface area contributed by atoms with Crippen molar-refractivity contribution in [3.8, 4) is 0 Å². The van der Waals surface area contributed by atoms with Crippen molar-refractivity contribution in [3.05, 3.63) is 12.4 Å². The third kappa shape index (κ3) is 4.02. The maximum absolute atomic E-state index is 9.84. The fourth-order valence-corrected chi connectivity index (χ4v) is 1.14. The van der Waals surface area contributed by atoms with E-state index in [9.17, 15) is 5.11 Å². The second-order valence-electron chi connectivity index (χ2n) is 4.02. The van der Waals surface area contributed by atoms with Crippen LogP contribution in [0, 0.1) is 0 Å². The summed E-state index contributed by atoms with van der Waals surface area (Å²) in [7, 11) is 0. The molecule has 1 unspecified atom stereocenters. The van der Waals surface area contributed by atoms with Crippen molar-refractivity contribution in [1.82, 2.24) is 9.97 Å². The van der Waals surface area contributed by atoms with Crippen molar-refractivity contribution in [2.75, 3.05) is 23.7 Å². The Kier molecular flexibility index (Phi) is 4.49. The van der Waals surface area contributed by atoms with Gasteiger partial charge < -0.3 is 15.7 Å². The standard InChI is InChI=1S/C11H20N4O/c1-4-11(3,16)7-13-10-6-9(12-5-2)14-8-15-10/h6,8,16H,4-5,7H2,1-3H3,(H2,12,13,14,15). The lowest BCUT2D eigenvalue weighted by Crippen LogP contribution is -2.32. The zero-order valence-corrected chi connectivity index (χ0v) is 10.1. The quantitative estimate of drug-likeness (QED) is 0.683. The summed E-state index contributed by atoms with van der Waals surface area (Å²) >= 11 is 0. The van der Waals surface area contributed by atoms with Crippen LogP contribution in [-0.4, -0.2) is 33.8 Å². The fraction of sp³-hybridized carbons (Fsp3) is 0.636. The van der Waals surface area contributed by atoms with Gasteiger partial charge in [-0.25, -0.2) is 9.97 Å². The molecule has 0 fully saturated rings. The Bertz CT molecular complexity index is 328. The Morgan fingerprint density at radius 2 is 1.88 bits per heavy atom. The number of hydrogen-bond donors (Lipinski definition) is 3. The molecule has 0 saturated carbocycles. The molecule has 0 aliphatic heterocycles. The van der Waals surface area contributed by atoms with E-state index >= 15 is 0 Å². The lowest BCUT2D eigenvalue weighted by Gasteiger charge is -2.21. The Labute approximate surface area is 96.3 Å². The van der Waals surface area contributed by atoms with Gasteiger partial charge >= 0.3 is 0 Å². The van der Waals surface area contributed by atoms with Gasteiger partial charge in [0.1, 0.15) is 18.0 Å². The Morgan fingerprint density at radius 1 is 1.25 bits per heavy atom. The van der Waals surface area contributed by atoms with Crippen molar-refractivity contribution in [2.24, 2.45) is 0 Å². The van der Waals surface area contributed by atoms with Crippen LogP contribution in [0.5, 0.6) is 0 Å². The van der Waals surface area contributed by atoms with E-state index in [2.05, 4.69) is 20.6 Å². The molecular formula is C11H20N4O. The summed E-state index contributed by atoms with van der Waals surface area (Å²) in [5.74, 6) is 1.51. The molecule has 1 aromatic heterocycles. The van der Waals surface area contributed by atoms with Crippen LogP contribution >= 0.6 is 0 Å². The molecule has 1 atom stereocenters. The zero-order chi connectivity index (χ0) is 12.0. The van der Waals surface area contributed by atoms with Gasteiger partial charge in [0.05, 0.1) is 5.60 Å². The Morgan fingerprint density at radius 3 is 2.44 bits per heavy atom. The van der Waals surface area contributed by atoms with Gasteiger partial charge in [-0.2, -0.15) is 0 Å². The highest BCUT2D eigenvalue weighted by Crippen LogP contribution is 2.12. The summed E-state index contributed by atoms with van der Waals surface area (Å²) in [4.78, 5) is 8.15. The lowest BCUT2D eigenvalue weighted by atomic mass is 10.0. The van der Waals surface area contributed by atoms with Crippen LogP contribution in [-0.2, 0) is 0 Å². The van der Waals surface area contributed by atoms with Gasteiger partial charge in [-0.05, 0) is 20.3 Å². The number of hydrogen-bond acceptors (Lipinski definition) is 5. The molecule has 0 radical (unpaired) electrons. The molecule has 1 heterocycles. The number of aliphatic hydroxyl groups is 1. The van der Waals surface area contributed by atoms with Crippen LogP contribution in [0.4, 0.5) is 11.6 Å². The molecule has 0 aliphatic carbocycles. The zero-order valence-electron chi connectivity index (χ0n) is 10.1. The summed E-state index contributed by atoms with van der Waals surface area (Å²) < 4.78 is 0. The number of nitrogens with one attached hydrogen (secondary N) is 2. The highest BCUT2D eigenvalue weighted by Gasteiger charge is 2.16. The number of rotatable bonds is 6. The first-order valence-electron chi connectivity index (χ1n) is 5.59. The Hall–Kier alpha value is -1.36. The average Bonchev–Trinajstić information content (AvgIpc) is 2.28. The molecule has 1 rings (SSSR count). The summed E-state index contributed by atoms with van der Waals surface area (Å²) in [5, 5.41) is 16.0. The normalized spacial score (nSPS) is 14.2. The molecule has 1 aromatic rings. The predicted octanol–water partition coefficient (Wildman–Crippen LogP) is 1.48. The van der Waals surface area contributed by atoms with E-state index in [1.54, 1.807) is 6.92 Å². The van der Waals surface area contributed by atoms with Gasteiger partial charge in [-0.1, -0.05) is 6.92 Å².